The molecule has 0 amide bonds. The van der Waals surface area contributed by atoms with E-state index in [2.05, 4.69) is 15.3 Å². The van der Waals surface area contributed by atoms with Crippen LogP contribution in [0.5, 0.6) is 0 Å². The second-order valence-electron chi connectivity index (χ2n) is 3.99. The van der Waals surface area contributed by atoms with Gasteiger partial charge in [0.05, 0.1) is 11.4 Å². The van der Waals surface area contributed by atoms with Crippen LogP contribution in [0.15, 0.2) is 30.6 Å². The predicted octanol–water partition coefficient (Wildman–Crippen LogP) is 3.38. The number of hydrogen-bond donors (Lipinski definition) is 1. The van der Waals surface area contributed by atoms with Gasteiger partial charge in [-0.2, -0.15) is 0 Å². The van der Waals surface area contributed by atoms with E-state index in [1.165, 1.54) is 0 Å². The lowest BCUT2D eigenvalue weighted by Crippen LogP contribution is -2.14. The average Bonchev–Trinajstić information content (AvgIpc) is 2.36. The third kappa shape index (κ3) is 3.67. The molecule has 18 heavy (non-hydrogen) atoms. The van der Waals surface area contributed by atoms with E-state index in [0.29, 0.717) is 23.1 Å². The highest BCUT2D eigenvalue weighted by Crippen LogP contribution is 2.20. The van der Waals surface area contributed by atoms with Gasteiger partial charge in [0.15, 0.2) is 0 Å². The van der Waals surface area contributed by atoms with Gasteiger partial charge < -0.3 is 5.32 Å². The normalized spacial score (nSPS) is 10.6. The summed E-state index contributed by atoms with van der Waals surface area (Å²) in [5.41, 5.74) is 2.79. The highest BCUT2D eigenvalue weighted by Gasteiger charge is 2.01. The minimum Gasteiger partial charge on any atom is -0.307 e. The van der Waals surface area contributed by atoms with Crippen LogP contribution in [0, 0.1) is 6.92 Å². The van der Waals surface area contributed by atoms with Crippen LogP contribution < -0.4 is 5.32 Å². The lowest BCUT2D eigenvalue weighted by Gasteiger charge is -2.07. The summed E-state index contributed by atoms with van der Waals surface area (Å²) in [4.78, 5) is 8.45. The summed E-state index contributed by atoms with van der Waals surface area (Å²) in [5.74, 6) is 0. The van der Waals surface area contributed by atoms with Crippen LogP contribution in [0.4, 0.5) is 0 Å². The van der Waals surface area contributed by atoms with Crippen molar-refractivity contribution in [3.8, 4) is 0 Å². The molecule has 0 atom stereocenters. The number of aryl methyl sites for hydroxylation is 1. The number of aromatic nitrogens is 2. The van der Waals surface area contributed by atoms with Crippen molar-refractivity contribution in [1.29, 1.82) is 0 Å². The molecule has 0 saturated carbocycles. The molecule has 1 aromatic carbocycles. The average molecular weight is 282 g/mol. The van der Waals surface area contributed by atoms with Crippen molar-refractivity contribution in [1.82, 2.24) is 15.3 Å². The molecule has 2 rings (SSSR count). The van der Waals surface area contributed by atoms with Gasteiger partial charge in [0.1, 0.15) is 0 Å². The molecule has 0 saturated heterocycles. The summed E-state index contributed by atoms with van der Waals surface area (Å²) < 4.78 is 0. The van der Waals surface area contributed by atoms with E-state index in [-0.39, 0.29) is 0 Å². The van der Waals surface area contributed by atoms with Crippen molar-refractivity contribution in [3.63, 3.8) is 0 Å². The Morgan fingerprint density at radius 3 is 2.67 bits per heavy atom. The van der Waals surface area contributed by atoms with E-state index < -0.39 is 0 Å². The number of nitrogens with one attached hydrogen (secondary N) is 1. The van der Waals surface area contributed by atoms with Crippen LogP contribution in [0.2, 0.25) is 10.0 Å². The summed E-state index contributed by atoms with van der Waals surface area (Å²) in [6, 6.07) is 5.43. The monoisotopic (exact) mass is 281 g/mol. The predicted molar refractivity (Wildman–Crippen MR) is 73.8 cm³/mol. The fourth-order valence-electron chi connectivity index (χ4n) is 1.51. The highest BCUT2D eigenvalue weighted by atomic mass is 35.5. The molecule has 0 aliphatic heterocycles. The summed E-state index contributed by atoms with van der Waals surface area (Å²) >= 11 is 12.0. The third-order valence-electron chi connectivity index (χ3n) is 2.46. The zero-order valence-corrected chi connectivity index (χ0v) is 11.5. The van der Waals surface area contributed by atoms with Crippen molar-refractivity contribution in [2.45, 2.75) is 20.0 Å². The van der Waals surface area contributed by atoms with Gasteiger partial charge in [-0.05, 0) is 30.7 Å². The van der Waals surface area contributed by atoms with Crippen LogP contribution in [0.1, 0.15) is 17.0 Å². The van der Waals surface area contributed by atoms with Crippen molar-refractivity contribution in [3.05, 3.63) is 57.6 Å². The largest absolute Gasteiger partial charge is 0.307 e. The summed E-state index contributed by atoms with van der Waals surface area (Å²) in [6.07, 6.45) is 3.52. The van der Waals surface area contributed by atoms with Gasteiger partial charge in [-0.25, -0.2) is 0 Å². The molecule has 3 nitrogen and oxygen atoms in total. The molecule has 0 aliphatic rings. The van der Waals surface area contributed by atoms with E-state index in [4.69, 9.17) is 23.2 Å². The van der Waals surface area contributed by atoms with E-state index >= 15 is 0 Å². The van der Waals surface area contributed by atoms with Crippen LogP contribution in [-0.4, -0.2) is 9.97 Å². The van der Waals surface area contributed by atoms with Gasteiger partial charge in [-0.3, -0.25) is 9.97 Å². The molecule has 2 aromatic rings. The second-order valence-corrected chi connectivity index (χ2v) is 4.83. The molecule has 0 unspecified atom stereocenters. The van der Waals surface area contributed by atoms with Crippen LogP contribution >= 0.6 is 23.2 Å². The molecular formula is C13H13Cl2N3. The molecular weight excluding hydrogens is 269 g/mol. The summed E-state index contributed by atoms with van der Waals surface area (Å²) in [6.45, 7) is 3.21. The third-order valence-corrected chi connectivity index (χ3v) is 3.07. The molecule has 1 heterocycles. The molecule has 0 aliphatic carbocycles. The van der Waals surface area contributed by atoms with Gasteiger partial charge in [-0.1, -0.05) is 23.2 Å². The minimum absolute atomic E-state index is 0.648. The number of rotatable bonds is 4. The standard InChI is InChI=1S/C13H13Cl2N3/c1-9-5-18-12(8-17-9)7-16-6-10-4-11(14)2-3-13(10)15/h2-5,8,16H,6-7H2,1H3. The van der Waals surface area contributed by atoms with E-state index in [1.807, 2.05) is 13.0 Å². The lowest BCUT2D eigenvalue weighted by atomic mass is 10.2. The smallest absolute Gasteiger partial charge is 0.0724 e. The fourth-order valence-corrected chi connectivity index (χ4v) is 1.89. The zero-order chi connectivity index (χ0) is 13.0. The molecule has 0 bridgehead atoms. The first-order chi connectivity index (χ1) is 8.65. The van der Waals surface area contributed by atoms with Gasteiger partial charge in [0, 0.05) is 35.5 Å². The van der Waals surface area contributed by atoms with Crippen molar-refractivity contribution < 1.29 is 0 Å². The highest BCUT2D eigenvalue weighted by molar-refractivity contribution is 6.33. The first-order valence-electron chi connectivity index (χ1n) is 5.57. The van der Waals surface area contributed by atoms with Gasteiger partial charge >= 0.3 is 0 Å². The van der Waals surface area contributed by atoms with Gasteiger partial charge in [0.25, 0.3) is 0 Å². The number of benzene rings is 1. The number of halogens is 2. The molecule has 5 heteroatoms. The topological polar surface area (TPSA) is 37.8 Å². The van der Waals surface area contributed by atoms with Crippen molar-refractivity contribution in [2.75, 3.05) is 0 Å². The first-order valence-corrected chi connectivity index (χ1v) is 6.33. The maximum Gasteiger partial charge on any atom is 0.0724 e. The maximum absolute atomic E-state index is 6.07. The quantitative estimate of drug-likeness (QED) is 0.934. The Morgan fingerprint density at radius 1 is 1.11 bits per heavy atom. The number of hydrogen-bond acceptors (Lipinski definition) is 3. The van der Waals surface area contributed by atoms with Gasteiger partial charge in [-0.15, -0.1) is 0 Å². The summed E-state index contributed by atoms with van der Waals surface area (Å²) in [7, 11) is 0. The van der Waals surface area contributed by atoms with Crippen LogP contribution in [0.25, 0.3) is 0 Å². The Hall–Kier alpha value is -1.16. The Labute approximate surface area is 116 Å². The van der Waals surface area contributed by atoms with Crippen LogP contribution in [-0.2, 0) is 13.1 Å². The van der Waals surface area contributed by atoms with Crippen molar-refractivity contribution >= 4 is 23.2 Å². The number of nitrogens with zero attached hydrogens (tertiary/aromatic N) is 2. The summed E-state index contributed by atoms with van der Waals surface area (Å²) in [5, 5.41) is 4.66. The minimum atomic E-state index is 0.648. The Bertz CT molecular complexity index is 526. The molecule has 0 fully saturated rings. The van der Waals surface area contributed by atoms with Gasteiger partial charge in [0.2, 0.25) is 0 Å². The Morgan fingerprint density at radius 2 is 1.94 bits per heavy atom. The first kappa shape index (κ1) is 13.3. The second kappa shape index (κ2) is 6.14. The molecule has 1 aromatic heterocycles. The van der Waals surface area contributed by atoms with Crippen LogP contribution in [0.3, 0.4) is 0 Å². The molecule has 94 valence electrons. The maximum atomic E-state index is 6.07. The zero-order valence-electron chi connectivity index (χ0n) is 9.95. The molecule has 0 radical (unpaired) electrons. The molecule has 1 N–H and O–H groups in total. The Balaban J connectivity index is 1.92. The van der Waals surface area contributed by atoms with Crippen molar-refractivity contribution in [2.24, 2.45) is 0 Å². The fraction of sp³-hybridized carbons (Fsp3) is 0.231. The molecule has 0 spiro atoms. The van der Waals surface area contributed by atoms with E-state index in [1.54, 1.807) is 24.5 Å². The van der Waals surface area contributed by atoms with E-state index in [0.717, 1.165) is 17.0 Å². The SMILES string of the molecule is Cc1cnc(CNCc2cc(Cl)ccc2Cl)cn1. The van der Waals surface area contributed by atoms with E-state index in [9.17, 15) is 0 Å². The Kier molecular flexibility index (Phi) is 4.53. The lowest BCUT2D eigenvalue weighted by molar-refractivity contribution is 0.676.